The number of rotatable bonds is 5. The summed E-state index contributed by atoms with van der Waals surface area (Å²) in [7, 11) is 0. The van der Waals surface area contributed by atoms with Crippen LogP contribution in [0.25, 0.3) is 0 Å². The van der Waals surface area contributed by atoms with Crippen LogP contribution in [0.3, 0.4) is 0 Å². The maximum absolute atomic E-state index is 5.90. The Morgan fingerprint density at radius 2 is 2.24 bits per heavy atom. The lowest BCUT2D eigenvalue weighted by atomic mass is 9.98. The zero-order valence-corrected chi connectivity index (χ0v) is 10.6. The van der Waals surface area contributed by atoms with Crippen LogP contribution in [0.15, 0.2) is 12.5 Å². The second-order valence-corrected chi connectivity index (χ2v) is 4.93. The Morgan fingerprint density at radius 1 is 1.47 bits per heavy atom. The van der Waals surface area contributed by atoms with E-state index in [-0.39, 0.29) is 6.04 Å². The lowest BCUT2D eigenvalue weighted by Crippen LogP contribution is -2.20. The first kappa shape index (κ1) is 12.6. The van der Waals surface area contributed by atoms with E-state index in [2.05, 4.69) is 9.55 Å². The van der Waals surface area contributed by atoms with Crippen LogP contribution in [-0.2, 0) is 11.3 Å². The number of nitrogens with two attached hydrogens (primary N) is 1. The van der Waals surface area contributed by atoms with E-state index in [0.29, 0.717) is 6.10 Å². The molecule has 1 aliphatic carbocycles. The van der Waals surface area contributed by atoms with Crippen LogP contribution >= 0.6 is 0 Å². The van der Waals surface area contributed by atoms with Crippen molar-refractivity contribution in [1.82, 2.24) is 9.55 Å². The highest BCUT2D eigenvalue weighted by Crippen LogP contribution is 2.20. The van der Waals surface area contributed by atoms with Crippen molar-refractivity contribution in [2.45, 2.75) is 57.7 Å². The fourth-order valence-corrected chi connectivity index (χ4v) is 2.45. The van der Waals surface area contributed by atoms with Gasteiger partial charge in [-0.25, -0.2) is 4.98 Å². The van der Waals surface area contributed by atoms with Crippen molar-refractivity contribution >= 4 is 0 Å². The van der Waals surface area contributed by atoms with E-state index in [1.807, 2.05) is 19.4 Å². The minimum Gasteiger partial charge on any atom is -0.376 e. The van der Waals surface area contributed by atoms with Crippen LogP contribution in [0.2, 0.25) is 0 Å². The quantitative estimate of drug-likeness (QED) is 0.854. The smallest absolute Gasteiger partial charge is 0.0949 e. The Balaban J connectivity index is 1.75. The number of aromatic nitrogens is 2. The fraction of sp³-hybridized carbons (Fsp3) is 0.769. The minimum atomic E-state index is 0.0344. The van der Waals surface area contributed by atoms with Gasteiger partial charge in [-0.15, -0.1) is 0 Å². The normalized spacial score (nSPS) is 19.4. The van der Waals surface area contributed by atoms with E-state index in [1.165, 1.54) is 32.1 Å². The molecule has 2 N–H and O–H groups in total. The average Bonchev–Trinajstić information content (AvgIpc) is 2.79. The predicted octanol–water partition coefficient (Wildman–Crippen LogP) is 2.25. The third-order valence-corrected chi connectivity index (χ3v) is 3.45. The molecule has 4 heteroatoms. The largest absolute Gasteiger partial charge is 0.376 e. The highest BCUT2D eigenvalue weighted by molar-refractivity contribution is 5.02. The summed E-state index contributed by atoms with van der Waals surface area (Å²) in [5.74, 6) is 0. The van der Waals surface area contributed by atoms with Gasteiger partial charge in [-0.1, -0.05) is 19.3 Å². The molecule has 0 aromatic carbocycles. The maximum Gasteiger partial charge on any atom is 0.0949 e. The molecule has 0 radical (unpaired) electrons. The molecule has 4 nitrogen and oxygen atoms in total. The van der Waals surface area contributed by atoms with Gasteiger partial charge in [0.05, 0.1) is 24.7 Å². The van der Waals surface area contributed by atoms with Gasteiger partial charge in [-0.2, -0.15) is 0 Å². The van der Waals surface area contributed by atoms with Crippen molar-refractivity contribution in [3.05, 3.63) is 18.2 Å². The lowest BCUT2D eigenvalue weighted by molar-refractivity contribution is 0.0238. The van der Waals surface area contributed by atoms with E-state index in [0.717, 1.165) is 18.8 Å². The summed E-state index contributed by atoms with van der Waals surface area (Å²) >= 11 is 0. The molecule has 1 aliphatic rings. The molecule has 1 fully saturated rings. The van der Waals surface area contributed by atoms with Crippen molar-refractivity contribution in [3.63, 3.8) is 0 Å². The first-order chi connectivity index (χ1) is 8.27. The van der Waals surface area contributed by atoms with E-state index < -0.39 is 0 Å². The molecule has 2 rings (SSSR count). The first-order valence-electron chi connectivity index (χ1n) is 6.64. The van der Waals surface area contributed by atoms with E-state index in [4.69, 9.17) is 10.5 Å². The topological polar surface area (TPSA) is 53.1 Å². The Labute approximate surface area is 103 Å². The maximum atomic E-state index is 5.90. The number of nitrogens with zero attached hydrogens (tertiary/aromatic N) is 2. The third kappa shape index (κ3) is 3.54. The molecule has 17 heavy (non-hydrogen) atoms. The Bertz CT molecular complexity index is 329. The molecule has 96 valence electrons. The molecular weight excluding hydrogens is 214 g/mol. The number of ether oxygens (including phenoxy) is 1. The SMILES string of the molecule is C[C@@H](N)c1cncn1CCOC1CCCCC1. The molecule has 1 atom stereocenters. The van der Waals surface area contributed by atoms with E-state index >= 15 is 0 Å². The standard InChI is InChI=1S/C13H23N3O/c1-11(14)13-9-15-10-16(13)7-8-17-12-5-3-2-4-6-12/h9-12H,2-8,14H2,1H3/t11-/m1/s1. The van der Waals surface area contributed by atoms with Gasteiger partial charge in [0.1, 0.15) is 0 Å². The van der Waals surface area contributed by atoms with Crippen molar-refractivity contribution in [2.75, 3.05) is 6.61 Å². The number of imidazole rings is 1. The Hall–Kier alpha value is -0.870. The second kappa shape index (κ2) is 6.17. The fourth-order valence-electron chi connectivity index (χ4n) is 2.45. The summed E-state index contributed by atoms with van der Waals surface area (Å²) in [5.41, 5.74) is 6.95. The van der Waals surface area contributed by atoms with Gasteiger partial charge < -0.3 is 15.0 Å². The summed E-state index contributed by atoms with van der Waals surface area (Å²) in [6.45, 7) is 3.60. The van der Waals surface area contributed by atoms with Crippen LogP contribution in [0, 0.1) is 0 Å². The van der Waals surface area contributed by atoms with Gasteiger partial charge in [0.15, 0.2) is 0 Å². The van der Waals surface area contributed by atoms with Crippen molar-refractivity contribution in [1.29, 1.82) is 0 Å². The molecule has 1 heterocycles. The molecular formula is C13H23N3O. The number of hydrogen-bond donors (Lipinski definition) is 1. The molecule has 0 amide bonds. The molecule has 1 saturated carbocycles. The van der Waals surface area contributed by atoms with Crippen LogP contribution in [-0.4, -0.2) is 22.3 Å². The summed E-state index contributed by atoms with van der Waals surface area (Å²) in [6.07, 6.45) is 10.6. The van der Waals surface area contributed by atoms with Crippen molar-refractivity contribution < 1.29 is 4.74 Å². The molecule has 0 bridgehead atoms. The van der Waals surface area contributed by atoms with Gasteiger partial charge in [0.2, 0.25) is 0 Å². The van der Waals surface area contributed by atoms with Crippen LogP contribution in [0.1, 0.15) is 50.8 Å². The first-order valence-corrected chi connectivity index (χ1v) is 6.64. The van der Waals surface area contributed by atoms with Gasteiger partial charge in [0.25, 0.3) is 0 Å². The zero-order chi connectivity index (χ0) is 12.1. The summed E-state index contributed by atoms with van der Waals surface area (Å²) in [6, 6.07) is 0.0344. The Morgan fingerprint density at radius 3 is 2.94 bits per heavy atom. The molecule has 0 spiro atoms. The van der Waals surface area contributed by atoms with Crippen molar-refractivity contribution in [3.8, 4) is 0 Å². The van der Waals surface area contributed by atoms with Crippen LogP contribution in [0.4, 0.5) is 0 Å². The molecule has 1 aromatic rings. The van der Waals surface area contributed by atoms with Crippen LogP contribution in [0.5, 0.6) is 0 Å². The van der Waals surface area contributed by atoms with E-state index in [9.17, 15) is 0 Å². The monoisotopic (exact) mass is 237 g/mol. The average molecular weight is 237 g/mol. The van der Waals surface area contributed by atoms with Gasteiger partial charge in [-0.3, -0.25) is 0 Å². The zero-order valence-electron chi connectivity index (χ0n) is 10.6. The minimum absolute atomic E-state index is 0.0344. The third-order valence-electron chi connectivity index (χ3n) is 3.45. The lowest BCUT2D eigenvalue weighted by Gasteiger charge is -2.22. The van der Waals surface area contributed by atoms with Gasteiger partial charge in [-0.05, 0) is 19.8 Å². The number of hydrogen-bond acceptors (Lipinski definition) is 3. The predicted molar refractivity (Wildman–Crippen MR) is 67.7 cm³/mol. The van der Waals surface area contributed by atoms with Gasteiger partial charge >= 0.3 is 0 Å². The molecule has 0 unspecified atom stereocenters. The molecule has 1 aromatic heterocycles. The molecule has 0 saturated heterocycles. The highest BCUT2D eigenvalue weighted by Gasteiger charge is 2.13. The molecule has 0 aliphatic heterocycles. The van der Waals surface area contributed by atoms with Gasteiger partial charge in [0, 0.05) is 18.8 Å². The summed E-state index contributed by atoms with van der Waals surface area (Å²) in [5, 5.41) is 0. The second-order valence-electron chi connectivity index (χ2n) is 4.93. The summed E-state index contributed by atoms with van der Waals surface area (Å²) < 4.78 is 7.99. The van der Waals surface area contributed by atoms with Crippen molar-refractivity contribution in [2.24, 2.45) is 5.73 Å². The van der Waals surface area contributed by atoms with E-state index in [1.54, 1.807) is 0 Å². The summed E-state index contributed by atoms with van der Waals surface area (Å²) in [4.78, 5) is 4.14. The highest BCUT2D eigenvalue weighted by atomic mass is 16.5. The Kier molecular flexibility index (Phi) is 4.57. The van der Waals surface area contributed by atoms with Crippen LogP contribution < -0.4 is 5.73 Å².